The van der Waals surface area contributed by atoms with E-state index in [0.717, 1.165) is 11.8 Å². The highest BCUT2D eigenvalue weighted by Gasteiger charge is 2.70. The fourth-order valence-corrected chi connectivity index (χ4v) is 6.96. The molecular formula is C21H27N. The van der Waals surface area contributed by atoms with E-state index >= 15 is 0 Å². The van der Waals surface area contributed by atoms with E-state index in [0.29, 0.717) is 16.9 Å². The van der Waals surface area contributed by atoms with Crippen molar-refractivity contribution in [3.05, 3.63) is 41.5 Å². The molecule has 2 fully saturated rings. The average Bonchev–Trinajstić information content (AvgIpc) is 2.93. The fourth-order valence-electron chi connectivity index (χ4n) is 6.96. The van der Waals surface area contributed by atoms with Gasteiger partial charge in [0.05, 0.1) is 0 Å². The zero-order valence-corrected chi connectivity index (χ0v) is 14.2. The van der Waals surface area contributed by atoms with Crippen LogP contribution in [0.15, 0.2) is 35.9 Å². The smallest absolute Gasteiger partial charge is 0.0402 e. The first-order valence-corrected chi connectivity index (χ1v) is 9.01. The Balaban J connectivity index is 1.77. The molecule has 1 heterocycles. The van der Waals surface area contributed by atoms with Gasteiger partial charge in [-0.05, 0) is 55.1 Å². The highest BCUT2D eigenvalue weighted by molar-refractivity contribution is 5.69. The van der Waals surface area contributed by atoms with Crippen LogP contribution < -0.4 is 5.32 Å². The molecule has 1 spiro atoms. The molecular weight excluding hydrogens is 266 g/mol. The third-order valence-corrected chi connectivity index (χ3v) is 8.28. The molecule has 4 aliphatic rings. The standard InChI is InChI=1S/C21H27N/c1-13-9-10-14-11-17-20(4)15-7-5-6-8-16(15)22-18(20)12-21(13,17)19(14,2)3/h5-8,11,13-14,18,22H,9-10,12H2,1-4H3/t13-,14-,18-,20+,21+/m0/s1. The Hall–Kier alpha value is -1.24. The second kappa shape index (κ2) is 3.63. The van der Waals surface area contributed by atoms with Crippen molar-refractivity contribution in [2.24, 2.45) is 22.7 Å². The number of para-hydroxylation sites is 1. The van der Waals surface area contributed by atoms with Crippen molar-refractivity contribution >= 4 is 5.69 Å². The SMILES string of the molecule is C[C@H]1CC[C@H]2C=C3[C@@]4(C)c5ccccc5N[C@H]4C[C@]31C2(C)C. The number of benzene rings is 1. The summed E-state index contributed by atoms with van der Waals surface area (Å²) < 4.78 is 0. The predicted molar refractivity (Wildman–Crippen MR) is 92.0 cm³/mol. The molecule has 1 aliphatic heterocycles. The molecule has 0 unspecified atom stereocenters. The Labute approximate surface area is 134 Å². The molecule has 1 nitrogen and oxygen atoms in total. The van der Waals surface area contributed by atoms with Crippen LogP contribution in [-0.2, 0) is 5.41 Å². The summed E-state index contributed by atoms with van der Waals surface area (Å²) in [6, 6.07) is 9.59. The van der Waals surface area contributed by atoms with Crippen LogP contribution in [0.1, 0.15) is 52.5 Å². The van der Waals surface area contributed by atoms with Crippen LogP contribution in [0.25, 0.3) is 0 Å². The van der Waals surface area contributed by atoms with Crippen LogP contribution >= 0.6 is 0 Å². The molecule has 2 saturated carbocycles. The molecule has 0 amide bonds. The Morgan fingerprint density at radius 3 is 2.68 bits per heavy atom. The van der Waals surface area contributed by atoms with Gasteiger partial charge in [0.1, 0.15) is 0 Å². The first kappa shape index (κ1) is 13.2. The van der Waals surface area contributed by atoms with Crippen molar-refractivity contribution in [1.29, 1.82) is 0 Å². The minimum Gasteiger partial charge on any atom is -0.381 e. The van der Waals surface area contributed by atoms with E-state index in [9.17, 15) is 0 Å². The van der Waals surface area contributed by atoms with E-state index in [1.807, 2.05) is 0 Å². The first-order chi connectivity index (χ1) is 10.4. The number of rotatable bonds is 0. The Bertz CT molecular complexity index is 700. The third-order valence-electron chi connectivity index (χ3n) is 8.28. The topological polar surface area (TPSA) is 12.0 Å². The molecule has 2 bridgehead atoms. The Morgan fingerprint density at radius 2 is 1.86 bits per heavy atom. The number of anilines is 1. The lowest BCUT2D eigenvalue weighted by Gasteiger charge is -2.53. The lowest BCUT2D eigenvalue weighted by molar-refractivity contribution is -0.00942. The predicted octanol–water partition coefficient (Wildman–Crippen LogP) is 5.14. The molecule has 1 aromatic rings. The Morgan fingerprint density at radius 1 is 1.09 bits per heavy atom. The van der Waals surface area contributed by atoms with Gasteiger partial charge in [-0.15, -0.1) is 0 Å². The van der Waals surface area contributed by atoms with E-state index in [-0.39, 0.29) is 5.41 Å². The normalized spacial score (nSPS) is 46.5. The summed E-state index contributed by atoms with van der Waals surface area (Å²) in [5.41, 5.74) is 5.74. The average molecular weight is 293 g/mol. The van der Waals surface area contributed by atoms with E-state index in [1.165, 1.54) is 24.9 Å². The lowest BCUT2D eigenvalue weighted by Crippen LogP contribution is -2.46. The number of fused-ring (bicyclic) bond motifs is 5. The molecule has 0 saturated heterocycles. The van der Waals surface area contributed by atoms with Gasteiger partial charge in [0, 0.05) is 22.6 Å². The first-order valence-electron chi connectivity index (χ1n) is 9.01. The van der Waals surface area contributed by atoms with Gasteiger partial charge < -0.3 is 5.32 Å². The summed E-state index contributed by atoms with van der Waals surface area (Å²) in [5, 5.41) is 3.88. The number of nitrogens with one attached hydrogen (secondary N) is 1. The van der Waals surface area contributed by atoms with Gasteiger partial charge in [-0.2, -0.15) is 0 Å². The van der Waals surface area contributed by atoms with Gasteiger partial charge in [-0.1, -0.05) is 50.6 Å². The lowest BCUT2D eigenvalue weighted by atomic mass is 9.51. The van der Waals surface area contributed by atoms with Crippen molar-refractivity contribution < 1.29 is 0 Å². The van der Waals surface area contributed by atoms with Crippen molar-refractivity contribution in [3.8, 4) is 0 Å². The van der Waals surface area contributed by atoms with Gasteiger partial charge in [0.15, 0.2) is 0 Å². The van der Waals surface area contributed by atoms with Gasteiger partial charge in [-0.3, -0.25) is 0 Å². The van der Waals surface area contributed by atoms with E-state index in [2.05, 4.69) is 63.4 Å². The van der Waals surface area contributed by atoms with Crippen LogP contribution in [0.5, 0.6) is 0 Å². The fraction of sp³-hybridized carbons (Fsp3) is 0.619. The summed E-state index contributed by atoms with van der Waals surface area (Å²) in [6.07, 6.45) is 6.82. The van der Waals surface area contributed by atoms with Gasteiger partial charge >= 0.3 is 0 Å². The maximum absolute atomic E-state index is 3.88. The third kappa shape index (κ3) is 1.12. The van der Waals surface area contributed by atoms with Gasteiger partial charge in [0.25, 0.3) is 0 Å². The largest absolute Gasteiger partial charge is 0.381 e. The van der Waals surface area contributed by atoms with Gasteiger partial charge in [-0.25, -0.2) is 0 Å². The maximum Gasteiger partial charge on any atom is 0.0402 e. The van der Waals surface area contributed by atoms with Crippen LogP contribution in [0.3, 0.4) is 0 Å². The molecule has 22 heavy (non-hydrogen) atoms. The summed E-state index contributed by atoms with van der Waals surface area (Å²) in [6.45, 7) is 10.1. The number of hydrogen-bond acceptors (Lipinski definition) is 1. The summed E-state index contributed by atoms with van der Waals surface area (Å²) in [5.74, 6) is 1.59. The molecule has 0 aromatic heterocycles. The monoisotopic (exact) mass is 293 g/mol. The van der Waals surface area contributed by atoms with Crippen LogP contribution in [0.4, 0.5) is 5.69 Å². The van der Waals surface area contributed by atoms with Crippen LogP contribution in [-0.4, -0.2) is 6.04 Å². The van der Waals surface area contributed by atoms with Crippen LogP contribution in [0.2, 0.25) is 0 Å². The second-order valence-corrected chi connectivity index (χ2v) is 9.01. The van der Waals surface area contributed by atoms with Crippen molar-refractivity contribution in [2.45, 2.75) is 58.4 Å². The quantitative estimate of drug-likeness (QED) is 0.653. The molecule has 5 atom stereocenters. The van der Waals surface area contributed by atoms with Gasteiger partial charge in [0.2, 0.25) is 0 Å². The zero-order chi connectivity index (χ0) is 15.3. The van der Waals surface area contributed by atoms with E-state index < -0.39 is 0 Å². The summed E-state index contributed by atoms with van der Waals surface area (Å²) >= 11 is 0. The van der Waals surface area contributed by atoms with E-state index in [1.54, 1.807) is 11.1 Å². The molecule has 0 radical (unpaired) electrons. The van der Waals surface area contributed by atoms with Crippen LogP contribution in [0, 0.1) is 22.7 Å². The summed E-state index contributed by atoms with van der Waals surface area (Å²) in [7, 11) is 0. The molecule has 116 valence electrons. The maximum atomic E-state index is 3.88. The molecule has 1 N–H and O–H groups in total. The zero-order valence-electron chi connectivity index (χ0n) is 14.2. The minimum atomic E-state index is 0.210. The Kier molecular flexibility index (Phi) is 2.18. The van der Waals surface area contributed by atoms with Crippen molar-refractivity contribution in [2.75, 3.05) is 5.32 Å². The highest BCUT2D eigenvalue weighted by atomic mass is 15.0. The molecule has 1 heteroatoms. The minimum absolute atomic E-state index is 0.210. The number of allylic oxidation sites excluding steroid dienone is 1. The number of hydrogen-bond donors (Lipinski definition) is 1. The molecule has 1 aromatic carbocycles. The highest BCUT2D eigenvalue weighted by Crippen LogP contribution is 2.75. The summed E-state index contributed by atoms with van der Waals surface area (Å²) in [4.78, 5) is 0. The van der Waals surface area contributed by atoms with Crippen molar-refractivity contribution in [3.63, 3.8) is 0 Å². The second-order valence-electron chi connectivity index (χ2n) is 9.01. The molecule has 5 rings (SSSR count). The van der Waals surface area contributed by atoms with E-state index in [4.69, 9.17) is 0 Å². The molecule has 3 aliphatic carbocycles. The van der Waals surface area contributed by atoms with Crippen molar-refractivity contribution in [1.82, 2.24) is 0 Å².